The summed E-state index contributed by atoms with van der Waals surface area (Å²) in [5.74, 6) is -0.513. The lowest BCUT2D eigenvalue weighted by Crippen LogP contribution is -2.30. The van der Waals surface area contributed by atoms with Gasteiger partial charge in [0.15, 0.2) is 0 Å². The molecule has 1 heterocycles. The van der Waals surface area contributed by atoms with E-state index in [4.69, 9.17) is 5.73 Å². The predicted molar refractivity (Wildman–Crippen MR) is 86.2 cm³/mol. The number of hydrogen-bond donors (Lipinski definition) is 2. The Morgan fingerprint density at radius 1 is 1.29 bits per heavy atom. The molecule has 0 fully saturated rings. The number of rotatable bonds is 4. The zero-order valence-electron chi connectivity index (χ0n) is 13.1. The summed E-state index contributed by atoms with van der Waals surface area (Å²) in [6.45, 7) is 3.03. The monoisotopic (exact) mass is 362 g/mol. The summed E-state index contributed by atoms with van der Waals surface area (Å²) in [7, 11) is 0. The fourth-order valence-electron chi connectivity index (χ4n) is 2.27. The van der Waals surface area contributed by atoms with E-state index >= 15 is 0 Å². The highest BCUT2D eigenvalue weighted by Crippen LogP contribution is 2.33. The van der Waals surface area contributed by atoms with Crippen molar-refractivity contribution < 1.29 is 18.0 Å². The number of amides is 1. The van der Waals surface area contributed by atoms with Crippen molar-refractivity contribution in [3.8, 4) is 5.69 Å². The smallest absolute Gasteiger partial charge is 0.351 e. The first-order valence-corrected chi connectivity index (χ1v) is 6.93. The highest BCUT2D eigenvalue weighted by atomic mass is 35.5. The highest BCUT2D eigenvalue weighted by Gasteiger charge is 2.33. The number of hydrogen-bond acceptors (Lipinski definition) is 3. The Morgan fingerprint density at radius 2 is 1.96 bits per heavy atom. The molecule has 0 aliphatic rings. The van der Waals surface area contributed by atoms with Crippen molar-refractivity contribution in [2.45, 2.75) is 26.6 Å². The number of aromatic nitrogens is 2. The molecule has 0 aliphatic heterocycles. The van der Waals surface area contributed by atoms with Crippen molar-refractivity contribution in [3.63, 3.8) is 0 Å². The van der Waals surface area contributed by atoms with Gasteiger partial charge in [-0.1, -0.05) is 6.07 Å². The molecule has 0 aliphatic carbocycles. The fourth-order valence-corrected chi connectivity index (χ4v) is 2.27. The third kappa shape index (κ3) is 4.48. The first-order chi connectivity index (χ1) is 10.7. The molecule has 0 bridgehead atoms. The molecule has 132 valence electrons. The van der Waals surface area contributed by atoms with Crippen molar-refractivity contribution in [3.05, 3.63) is 46.8 Å². The van der Waals surface area contributed by atoms with Gasteiger partial charge in [0, 0.05) is 12.2 Å². The van der Waals surface area contributed by atoms with Gasteiger partial charge in [0.2, 0.25) is 5.91 Å². The molecule has 9 heteroatoms. The van der Waals surface area contributed by atoms with Crippen LogP contribution in [0.2, 0.25) is 0 Å². The van der Waals surface area contributed by atoms with E-state index in [1.165, 1.54) is 10.7 Å². The van der Waals surface area contributed by atoms with E-state index in [1.54, 1.807) is 26.0 Å². The highest BCUT2D eigenvalue weighted by molar-refractivity contribution is 5.85. The Morgan fingerprint density at radius 3 is 2.46 bits per heavy atom. The number of nitrogens with zero attached hydrogens (tertiary/aromatic N) is 2. The molecule has 1 aromatic heterocycles. The summed E-state index contributed by atoms with van der Waals surface area (Å²) in [6, 6.07) is 5.69. The molecule has 0 saturated carbocycles. The number of nitrogens with one attached hydrogen (secondary N) is 1. The van der Waals surface area contributed by atoms with Crippen molar-refractivity contribution in [2.75, 3.05) is 6.54 Å². The number of carbonyl (C=O) groups excluding carboxylic acids is 1. The van der Waals surface area contributed by atoms with Crippen LogP contribution in [-0.2, 0) is 17.5 Å². The lowest BCUT2D eigenvalue weighted by Gasteiger charge is -2.15. The fraction of sp³-hybridized carbons (Fsp3) is 0.333. The molecule has 5 nitrogen and oxygen atoms in total. The maximum Gasteiger partial charge on any atom is 0.416 e. The normalized spacial score (nSPS) is 11.1. The molecule has 24 heavy (non-hydrogen) atoms. The van der Waals surface area contributed by atoms with E-state index in [-0.39, 0.29) is 31.1 Å². The number of nitrogens with two attached hydrogens (primary N) is 1. The zero-order valence-corrected chi connectivity index (χ0v) is 14.0. The molecule has 0 radical (unpaired) electrons. The minimum atomic E-state index is -4.53. The number of benzene rings is 1. The SMILES string of the molecule is Cc1cc(C)n(-c2ccc(CNC(=O)CN)c(C(F)(F)F)c2)n1.Cl. The van der Waals surface area contributed by atoms with Gasteiger partial charge in [0.1, 0.15) is 0 Å². The van der Waals surface area contributed by atoms with E-state index in [2.05, 4.69) is 10.4 Å². The van der Waals surface area contributed by atoms with Gasteiger partial charge in [-0.05, 0) is 37.6 Å². The van der Waals surface area contributed by atoms with Crippen LogP contribution in [0.1, 0.15) is 22.5 Å². The van der Waals surface area contributed by atoms with Crippen LogP contribution in [0.15, 0.2) is 24.3 Å². The van der Waals surface area contributed by atoms with Crippen LogP contribution in [-0.4, -0.2) is 22.2 Å². The van der Waals surface area contributed by atoms with Crippen molar-refractivity contribution >= 4 is 18.3 Å². The molecule has 2 aromatic rings. The molecule has 0 unspecified atom stereocenters. The Bertz CT molecular complexity index is 728. The molecule has 0 saturated heterocycles. The van der Waals surface area contributed by atoms with Crippen LogP contribution in [0.25, 0.3) is 5.69 Å². The van der Waals surface area contributed by atoms with Crippen molar-refractivity contribution in [1.29, 1.82) is 0 Å². The zero-order chi connectivity index (χ0) is 17.2. The second kappa shape index (κ2) is 7.67. The maximum absolute atomic E-state index is 13.3. The largest absolute Gasteiger partial charge is 0.416 e. The van der Waals surface area contributed by atoms with Gasteiger partial charge >= 0.3 is 6.18 Å². The summed E-state index contributed by atoms with van der Waals surface area (Å²) in [6.07, 6.45) is -4.53. The molecular formula is C15H18ClF3N4O. The van der Waals surface area contributed by atoms with E-state index in [1.807, 2.05) is 0 Å². The topological polar surface area (TPSA) is 72.9 Å². The lowest BCUT2D eigenvalue weighted by molar-refractivity contribution is -0.138. The summed E-state index contributed by atoms with van der Waals surface area (Å²) >= 11 is 0. The van der Waals surface area contributed by atoms with E-state index in [9.17, 15) is 18.0 Å². The van der Waals surface area contributed by atoms with Crippen molar-refractivity contribution in [2.24, 2.45) is 5.73 Å². The van der Waals surface area contributed by atoms with Crippen molar-refractivity contribution in [1.82, 2.24) is 15.1 Å². The molecule has 1 aromatic carbocycles. The Balaban J connectivity index is 0.00000288. The van der Waals surface area contributed by atoms with Gasteiger partial charge in [-0.25, -0.2) is 4.68 Å². The third-order valence-corrected chi connectivity index (χ3v) is 3.31. The van der Waals surface area contributed by atoms with Crippen LogP contribution in [0.4, 0.5) is 13.2 Å². The van der Waals surface area contributed by atoms with Crippen LogP contribution in [0.3, 0.4) is 0 Å². The first-order valence-electron chi connectivity index (χ1n) is 6.93. The van der Waals surface area contributed by atoms with Crippen LogP contribution in [0.5, 0.6) is 0 Å². The van der Waals surface area contributed by atoms with Gasteiger partial charge in [0.25, 0.3) is 0 Å². The van der Waals surface area contributed by atoms with Gasteiger partial charge in [-0.15, -0.1) is 12.4 Å². The van der Waals surface area contributed by atoms with Gasteiger partial charge < -0.3 is 11.1 Å². The van der Waals surface area contributed by atoms with E-state index in [0.717, 1.165) is 17.5 Å². The molecular weight excluding hydrogens is 345 g/mol. The van der Waals surface area contributed by atoms with E-state index < -0.39 is 17.6 Å². The maximum atomic E-state index is 13.3. The number of alkyl halides is 3. The predicted octanol–water partition coefficient (Wildman–Crippen LogP) is 2.50. The van der Waals surface area contributed by atoms with Gasteiger partial charge in [0.05, 0.1) is 23.5 Å². The molecule has 1 amide bonds. The molecule has 0 atom stereocenters. The average molecular weight is 363 g/mol. The Kier molecular flexibility index (Phi) is 6.39. The Labute approximate surface area is 143 Å². The lowest BCUT2D eigenvalue weighted by atomic mass is 10.1. The third-order valence-electron chi connectivity index (χ3n) is 3.31. The minimum absolute atomic E-state index is 0. The average Bonchev–Trinajstić information content (AvgIpc) is 2.82. The second-order valence-corrected chi connectivity index (χ2v) is 5.16. The Hall–Kier alpha value is -2.06. The van der Waals surface area contributed by atoms with Gasteiger partial charge in [-0.2, -0.15) is 18.3 Å². The number of carbonyl (C=O) groups is 1. The van der Waals surface area contributed by atoms with Gasteiger partial charge in [-0.3, -0.25) is 4.79 Å². The second-order valence-electron chi connectivity index (χ2n) is 5.16. The molecule has 3 N–H and O–H groups in total. The number of halogens is 4. The summed E-state index contributed by atoms with van der Waals surface area (Å²) in [4.78, 5) is 11.2. The summed E-state index contributed by atoms with van der Waals surface area (Å²) in [5.41, 5.74) is 6.07. The molecule has 0 spiro atoms. The summed E-state index contributed by atoms with van der Waals surface area (Å²) in [5, 5.41) is 6.53. The van der Waals surface area contributed by atoms with Crippen LogP contribution < -0.4 is 11.1 Å². The van der Waals surface area contributed by atoms with E-state index in [0.29, 0.717) is 5.69 Å². The standard InChI is InChI=1S/C15H17F3N4O.ClH/c1-9-5-10(2)22(21-9)12-4-3-11(8-20-14(23)7-19)13(6-12)15(16,17)18;/h3-6H,7-8,19H2,1-2H3,(H,20,23);1H. The number of aryl methyl sites for hydroxylation is 2. The van der Waals surface area contributed by atoms with Crippen LogP contribution in [0, 0.1) is 13.8 Å². The molecule has 2 rings (SSSR count). The summed E-state index contributed by atoms with van der Waals surface area (Å²) < 4.78 is 41.3. The quantitative estimate of drug-likeness (QED) is 0.877. The first kappa shape index (κ1) is 20.0. The minimum Gasteiger partial charge on any atom is -0.351 e. The van der Waals surface area contributed by atoms with Crippen LogP contribution >= 0.6 is 12.4 Å².